The Morgan fingerprint density at radius 3 is 2.58 bits per heavy atom. The quantitative estimate of drug-likeness (QED) is 0.863. The molecule has 2 rings (SSSR count). The Morgan fingerprint density at radius 2 is 1.89 bits per heavy atom. The third-order valence-corrected chi connectivity index (χ3v) is 2.83. The third-order valence-electron chi connectivity index (χ3n) is 2.83. The average molecular weight is 256 g/mol. The van der Waals surface area contributed by atoms with Gasteiger partial charge in [-0.15, -0.1) is 0 Å². The molecule has 0 aromatic carbocycles. The lowest BCUT2D eigenvalue weighted by Crippen LogP contribution is -2.07. The zero-order valence-electron chi connectivity index (χ0n) is 11.6. The summed E-state index contributed by atoms with van der Waals surface area (Å²) in [6, 6.07) is 6.08. The lowest BCUT2D eigenvalue weighted by Gasteiger charge is -2.08. The molecular weight excluding hydrogens is 236 g/mol. The van der Waals surface area contributed by atoms with Gasteiger partial charge in [0.15, 0.2) is 0 Å². The van der Waals surface area contributed by atoms with E-state index in [1.165, 1.54) is 5.56 Å². The highest BCUT2D eigenvalue weighted by Gasteiger charge is 2.04. The molecule has 2 aromatic heterocycles. The predicted molar refractivity (Wildman–Crippen MR) is 77.2 cm³/mol. The minimum atomic E-state index is 0.818. The van der Waals surface area contributed by atoms with Crippen LogP contribution in [0.4, 0.5) is 5.82 Å². The second kappa shape index (κ2) is 6.83. The fraction of sp³-hybridized carbons (Fsp3) is 0.400. The van der Waals surface area contributed by atoms with E-state index in [4.69, 9.17) is 0 Å². The maximum atomic E-state index is 4.58. The molecule has 0 saturated heterocycles. The van der Waals surface area contributed by atoms with Crippen LogP contribution in [-0.2, 0) is 12.8 Å². The van der Waals surface area contributed by atoms with E-state index in [1.54, 1.807) is 0 Å². The molecule has 0 bridgehead atoms. The molecule has 0 unspecified atom stereocenters. The molecule has 2 heterocycles. The molecule has 4 heteroatoms. The van der Waals surface area contributed by atoms with Crippen LogP contribution in [0.15, 0.2) is 30.6 Å². The van der Waals surface area contributed by atoms with Crippen molar-refractivity contribution in [3.8, 4) is 0 Å². The second-order valence-corrected chi connectivity index (χ2v) is 4.47. The van der Waals surface area contributed by atoms with Crippen molar-refractivity contribution in [1.82, 2.24) is 15.0 Å². The number of anilines is 1. The second-order valence-electron chi connectivity index (χ2n) is 4.47. The van der Waals surface area contributed by atoms with Crippen LogP contribution in [0, 0.1) is 0 Å². The normalized spacial score (nSPS) is 10.4. The van der Waals surface area contributed by atoms with E-state index < -0.39 is 0 Å². The largest absolute Gasteiger partial charge is 0.370 e. The zero-order chi connectivity index (χ0) is 13.5. The molecule has 4 nitrogen and oxygen atoms in total. The average Bonchev–Trinajstić information content (AvgIpc) is 2.46. The van der Waals surface area contributed by atoms with E-state index in [9.17, 15) is 0 Å². The van der Waals surface area contributed by atoms with E-state index in [-0.39, 0.29) is 0 Å². The van der Waals surface area contributed by atoms with Gasteiger partial charge in [0.05, 0.1) is 5.69 Å². The molecule has 0 aliphatic rings. The number of hydrogen-bond acceptors (Lipinski definition) is 4. The minimum absolute atomic E-state index is 0.818. The van der Waals surface area contributed by atoms with E-state index >= 15 is 0 Å². The highest BCUT2D eigenvalue weighted by molar-refractivity contribution is 5.37. The number of aromatic nitrogens is 3. The van der Waals surface area contributed by atoms with Crippen molar-refractivity contribution < 1.29 is 0 Å². The number of rotatable bonds is 6. The van der Waals surface area contributed by atoms with Crippen LogP contribution < -0.4 is 5.32 Å². The Morgan fingerprint density at radius 1 is 1.11 bits per heavy atom. The van der Waals surface area contributed by atoms with Gasteiger partial charge in [-0.2, -0.15) is 0 Å². The lowest BCUT2D eigenvalue weighted by molar-refractivity contribution is 0.885. The van der Waals surface area contributed by atoms with E-state index in [2.05, 4.69) is 34.1 Å². The Hall–Kier alpha value is -1.97. The lowest BCUT2D eigenvalue weighted by atomic mass is 10.1. The van der Waals surface area contributed by atoms with Crippen molar-refractivity contribution in [1.29, 1.82) is 0 Å². The molecule has 0 radical (unpaired) electrons. The summed E-state index contributed by atoms with van der Waals surface area (Å²) in [6.45, 7) is 5.16. The van der Waals surface area contributed by atoms with Gasteiger partial charge >= 0.3 is 0 Å². The maximum absolute atomic E-state index is 4.58. The summed E-state index contributed by atoms with van der Waals surface area (Å²) in [5.74, 6) is 1.82. The van der Waals surface area contributed by atoms with Crippen LogP contribution in [0.5, 0.6) is 0 Å². The smallest absolute Gasteiger partial charge is 0.130 e. The van der Waals surface area contributed by atoms with Crippen LogP contribution in [0.3, 0.4) is 0 Å². The standard InChI is InChI=1S/C15H20N4/c1-3-7-17-15-11-13(18-14(4-2)19-15)10-12-5-8-16-9-6-12/h5-6,8-9,11H,3-4,7,10H2,1-2H3,(H,17,18,19). The minimum Gasteiger partial charge on any atom is -0.370 e. The summed E-state index contributed by atoms with van der Waals surface area (Å²) in [6.07, 6.45) is 6.38. The molecule has 19 heavy (non-hydrogen) atoms. The molecule has 100 valence electrons. The topological polar surface area (TPSA) is 50.7 Å². The molecular formula is C15H20N4. The molecule has 0 amide bonds. The molecule has 0 aliphatic heterocycles. The summed E-state index contributed by atoms with van der Waals surface area (Å²) >= 11 is 0. The van der Waals surface area contributed by atoms with Crippen molar-refractivity contribution in [2.45, 2.75) is 33.1 Å². The van der Waals surface area contributed by atoms with Crippen molar-refractivity contribution >= 4 is 5.82 Å². The maximum Gasteiger partial charge on any atom is 0.130 e. The van der Waals surface area contributed by atoms with Crippen LogP contribution in [0.2, 0.25) is 0 Å². The molecule has 0 saturated carbocycles. The van der Waals surface area contributed by atoms with Crippen LogP contribution >= 0.6 is 0 Å². The van der Waals surface area contributed by atoms with Crippen molar-refractivity contribution in [3.63, 3.8) is 0 Å². The molecule has 0 spiro atoms. The SMILES string of the molecule is CCCNc1cc(Cc2ccncc2)nc(CC)n1. The van der Waals surface area contributed by atoms with Gasteiger partial charge in [-0.1, -0.05) is 13.8 Å². The summed E-state index contributed by atoms with van der Waals surface area (Å²) in [7, 11) is 0. The van der Waals surface area contributed by atoms with Crippen LogP contribution in [0.25, 0.3) is 0 Å². The van der Waals surface area contributed by atoms with E-state index in [0.29, 0.717) is 0 Å². The van der Waals surface area contributed by atoms with Crippen LogP contribution in [-0.4, -0.2) is 21.5 Å². The van der Waals surface area contributed by atoms with Crippen molar-refractivity contribution in [2.24, 2.45) is 0 Å². The van der Waals surface area contributed by atoms with Crippen LogP contribution in [0.1, 0.15) is 37.4 Å². The van der Waals surface area contributed by atoms with E-state index in [0.717, 1.165) is 43.1 Å². The number of nitrogens with one attached hydrogen (secondary N) is 1. The van der Waals surface area contributed by atoms with Gasteiger partial charge in [0, 0.05) is 37.8 Å². The number of pyridine rings is 1. The van der Waals surface area contributed by atoms with Gasteiger partial charge in [0.2, 0.25) is 0 Å². The monoisotopic (exact) mass is 256 g/mol. The van der Waals surface area contributed by atoms with Gasteiger partial charge in [0.25, 0.3) is 0 Å². The van der Waals surface area contributed by atoms with Crippen molar-refractivity contribution in [2.75, 3.05) is 11.9 Å². The summed E-state index contributed by atoms with van der Waals surface area (Å²) < 4.78 is 0. The van der Waals surface area contributed by atoms with Gasteiger partial charge < -0.3 is 5.32 Å². The van der Waals surface area contributed by atoms with Gasteiger partial charge in [-0.05, 0) is 24.1 Å². The summed E-state index contributed by atoms with van der Waals surface area (Å²) in [4.78, 5) is 13.1. The first kappa shape index (κ1) is 13.5. The molecule has 0 atom stereocenters. The molecule has 0 aliphatic carbocycles. The Balaban J connectivity index is 2.19. The fourth-order valence-corrected chi connectivity index (χ4v) is 1.85. The predicted octanol–water partition coefficient (Wildman–Crippen LogP) is 2.85. The number of aryl methyl sites for hydroxylation is 1. The number of nitrogens with zero attached hydrogens (tertiary/aromatic N) is 3. The van der Waals surface area contributed by atoms with Gasteiger partial charge in [0.1, 0.15) is 11.6 Å². The fourth-order valence-electron chi connectivity index (χ4n) is 1.85. The summed E-state index contributed by atoms with van der Waals surface area (Å²) in [5, 5.41) is 3.33. The highest BCUT2D eigenvalue weighted by Crippen LogP contribution is 2.12. The Kier molecular flexibility index (Phi) is 4.84. The molecule has 0 fully saturated rings. The first-order chi connectivity index (χ1) is 9.31. The zero-order valence-corrected chi connectivity index (χ0v) is 11.6. The Bertz CT molecular complexity index is 511. The van der Waals surface area contributed by atoms with Crippen molar-refractivity contribution in [3.05, 3.63) is 47.7 Å². The highest BCUT2D eigenvalue weighted by atomic mass is 15.0. The molecule has 2 aromatic rings. The first-order valence-corrected chi connectivity index (χ1v) is 6.81. The van der Waals surface area contributed by atoms with Gasteiger partial charge in [-0.3, -0.25) is 4.98 Å². The first-order valence-electron chi connectivity index (χ1n) is 6.81. The summed E-state index contributed by atoms with van der Waals surface area (Å²) in [5.41, 5.74) is 2.27. The van der Waals surface area contributed by atoms with E-state index in [1.807, 2.05) is 30.6 Å². The number of hydrogen-bond donors (Lipinski definition) is 1. The molecule has 1 N–H and O–H groups in total. The van der Waals surface area contributed by atoms with Gasteiger partial charge in [-0.25, -0.2) is 9.97 Å². The third kappa shape index (κ3) is 4.02. The Labute approximate surface area is 114 Å².